The van der Waals surface area contributed by atoms with E-state index in [-0.39, 0.29) is 47.9 Å². The third-order valence-electron chi connectivity index (χ3n) is 11.0. The predicted octanol–water partition coefficient (Wildman–Crippen LogP) is 13.1. The summed E-state index contributed by atoms with van der Waals surface area (Å²) in [4.78, 5) is 16.9. The number of furan rings is 2. The molecule has 3 aromatic heterocycles. The Bertz CT molecular complexity index is 2170. The van der Waals surface area contributed by atoms with Crippen molar-refractivity contribution in [2.75, 3.05) is 0 Å². The number of ketones is 1. The van der Waals surface area contributed by atoms with Crippen LogP contribution in [0.15, 0.2) is 93.6 Å². The smallest absolute Gasteiger partial charge is 0.173 e. The van der Waals surface area contributed by atoms with E-state index in [0.29, 0.717) is 5.76 Å². The van der Waals surface area contributed by atoms with E-state index in [9.17, 15) is 9.90 Å². The quantitative estimate of drug-likeness (QED) is 0.0890. The van der Waals surface area contributed by atoms with Crippen molar-refractivity contribution in [3.8, 4) is 22.8 Å². The van der Waals surface area contributed by atoms with Gasteiger partial charge in [-0.3, -0.25) is 9.78 Å². The van der Waals surface area contributed by atoms with Gasteiger partial charge in [0.25, 0.3) is 0 Å². The molecule has 6 heteroatoms. The first-order valence-electron chi connectivity index (χ1n) is 18.0. The fourth-order valence-electron chi connectivity index (χ4n) is 6.36. The summed E-state index contributed by atoms with van der Waals surface area (Å²) in [6, 6.07) is 26.3. The number of allylic oxidation sites excluding steroid dienone is 2. The number of aliphatic hydroxyl groups excluding tert-OH is 1. The Labute approximate surface area is 316 Å². The summed E-state index contributed by atoms with van der Waals surface area (Å²) >= 11 is 0. The molecule has 0 aliphatic carbocycles. The average molecular weight is 863 g/mol. The molecule has 0 amide bonds. The maximum absolute atomic E-state index is 12.2. The molecule has 0 fully saturated rings. The first-order chi connectivity index (χ1) is 23.7. The molecule has 6 rings (SSSR count). The van der Waals surface area contributed by atoms with Crippen LogP contribution >= 0.6 is 0 Å². The van der Waals surface area contributed by atoms with E-state index in [0.717, 1.165) is 75.6 Å². The van der Waals surface area contributed by atoms with Crippen molar-refractivity contribution >= 4 is 38.5 Å². The number of aromatic nitrogens is 1. The van der Waals surface area contributed by atoms with E-state index in [1.165, 1.54) is 17.0 Å². The summed E-state index contributed by atoms with van der Waals surface area (Å²) in [6.07, 6.45) is 6.56. The van der Waals surface area contributed by atoms with Crippen LogP contribution in [-0.2, 0) is 30.3 Å². The molecule has 3 heterocycles. The molecule has 0 aliphatic rings. The first kappa shape index (κ1) is 39.8. The van der Waals surface area contributed by atoms with Gasteiger partial charge in [0.1, 0.15) is 16.9 Å². The molecule has 1 radical (unpaired) electrons. The summed E-state index contributed by atoms with van der Waals surface area (Å²) in [5, 5.41) is 14.5. The van der Waals surface area contributed by atoms with E-state index < -0.39 is 0 Å². The molecule has 1 N–H and O–H groups in total. The van der Waals surface area contributed by atoms with Crippen LogP contribution in [0.1, 0.15) is 99.1 Å². The number of hydrogen-bond acceptors (Lipinski definition) is 5. The van der Waals surface area contributed by atoms with Gasteiger partial charge < -0.3 is 13.9 Å². The van der Waals surface area contributed by atoms with Crippen molar-refractivity contribution in [1.29, 1.82) is 0 Å². The Hall–Kier alpha value is -3.99. The van der Waals surface area contributed by atoms with Gasteiger partial charge in [0.2, 0.25) is 0 Å². The van der Waals surface area contributed by atoms with Crippen LogP contribution in [0.25, 0.3) is 55.5 Å². The first-order valence-corrected chi connectivity index (χ1v) is 18.0. The van der Waals surface area contributed by atoms with Gasteiger partial charge in [0.15, 0.2) is 17.3 Å². The number of aryl methyl sites for hydroxylation is 1. The zero-order valence-corrected chi connectivity index (χ0v) is 34.2. The second-order valence-electron chi connectivity index (χ2n) is 15.1. The number of fused-ring (bicyclic) bond motifs is 3. The second-order valence-corrected chi connectivity index (χ2v) is 15.1. The molecule has 0 saturated carbocycles. The predicted molar refractivity (Wildman–Crippen MR) is 208 cm³/mol. The number of carbonyl (C=O) groups is 1. The number of pyridine rings is 1. The average Bonchev–Trinajstić information content (AvgIpc) is 3.71. The van der Waals surface area contributed by atoms with Gasteiger partial charge in [-0.15, -0.1) is 29.1 Å². The van der Waals surface area contributed by atoms with Gasteiger partial charge >= 0.3 is 0 Å². The van der Waals surface area contributed by atoms with Crippen molar-refractivity contribution < 1.29 is 38.8 Å². The summed E-state index contributed by atoms with van der Waals surface area (Å²) in [7, 11) is 0. The van der Waals surface area contributed by atoms with Crippen molar-refractivity contribution in [3.63, 3.8) is 0 Å². The van der Waals surface area contributed by atoms with E-state index in [1.54, 1.807) is 6.20 Å². The Balaban J connectivity index is 0.000000279. The maximum Gasteiger partial charge on any atom is 0.173 e. The van der Waals surface area contributed by atoms with Gasteiger partial charge in [-0.2, -0.15) is 0 Å². The molecule has 51 heavy (non-hydrogen) atoms. The number of nitrogens with zero attached hydrogens (tertiary/aromatic N) is 1. The number of rotatable bonds is 9. The second kappa shape index (κ2) is 15.7. The van der Waals surface area contributed by atoms with Gasteiger partial charge in [-0.25, -0.2) is 0 Å². The van der Waals surface area contributed by atoms with Crippen LogP contribution in [0.5, 0.6) is 0 Å². The molecule has 5 nitrogen and oxygen atoms in total. The molecule has 0 atom stereocenters. The van der Waals surface area contributed by atoms with Crippen LogP contribution in [0.3, 0.4) is 0 Å². The Morgan fingerprint density at radius 1 is 0.784 bits per heavy atom. The van der Waals surface area contributed by atoms with Crippen molar-refractivity contribution in [1.82, 2.24) is 4.98 Å². The minimum Gasteiger partial charge on any atom is -0.512 e. The number of aliphatic hydroxyl groups is 1. The Kier molecular flexibility index (Phi) is 12.3. The fourth-order valence-corrected chi connectivity index (χ4v) is 6.36. The van der Waals surface area contributed by atoms with E-state index >= 15 is 0 Å². The van der Waals surface area contributed by atoms with Crippen molar-refractivity contribution in [2.45, 2.75) is 100 Å². The Morgan fingerprint density at radius 2 is 1.37 bits per heavy atom. The molecule has 0 aliphatic heterocycles. The third-order valence-corrected chi connectivity index (χ3v) is 11.0. The normalized spacial score (nSPS) is 12.5. The van der Waals surface area contributed by atoms with Crippen LogP contribution in [0.4, 0.5) is 0 Å². The minimum absolute atomic E-state index is 0. The van der Waals surface area contributed by atoms with Crippen molar-refractivity contribution in [3.05, 3.63) is 102 Å². The van der Waals surface area contributed by atoms with E-state index in [1.807, 2.05) is 71.9 Å². The SMILES string of the molecule is CCC(C)(CC)C(=O)/C=C(\O)C(C)(CC)CC.Cc1c(-c2cc3c(-c4[c-]c5ccccc5c(C(C)(C)C)c4)nccc3o2)oc2ccccc12.[Ir]. The molecule has 0 spiro atoms. The summed E-state index contributed by atoms with van der Waals surface area (Å²) < 4.78 is 12.4. The van der Waals surface area contributed by atoms with Crippen molar-refractivity contribution in [2.24, 2.45) is 10.8 Å². The topological polar surface area (TPSA) is 76.5 Å². The summed E-state index contributed by atoms with van der Waals surface area (Å²) in [5.41, 5.74) is 5.23. The molecule has 0 saturated heterocycles. The minimum atomic E-state index is -0.337. The van der Waals surface area contributed by atoms with E-state index in [4.69, 9.17) is 13.8 Å². The molecule has 0 unspecified atom stereocenters. The largest absolute Gasteiger partial charge is 0.512 e. The molecule has 6 aromatic rings. The zero-order valence-electron chi connectivity index (χ0n) is 31.8. The zero-order chi connectivity index (χ0) is 36.4. The summed E-state index contributed by atoms with van der Waals surface area (Å²) in [5.74, 6) is 1.76. The standard InChI is InChI=1S/C30H24NO2.C15H28O2.Ir/c1-18-21-10-7-8-12-25(21)33-29(18)27-17-23-26(32-27)13-14-31-28(23)20-15-19-9-5-6-11-22(19)24(16-20)30(2,3)4;1-7-14(5,8-2)12(16)11-13(17)15(6,9-3)10-4;/h5-14,16-17H,1-4H3;11,16H,7-10H2,1-6H3;/q-1;;/b;12-11-;. The molecule has 271 valence electrons. The number of para-hydroxylation sites is 1. The number of carbonyl (C=O) groups excluding carboxylic acids is 1. The number of hydrogen-bond donors (Lipinski definition) is 1. The molecular weight excluding hydrogens is 811 g/mol. The fraction of sp³-hybridized carbons (Fsp3) is 0.378. The third kappa shape index (κ3) is 7.93. The van der Waals surface area contributed by atoms with Gasteiger partial charge in [0, 0.05) is 65.2 Å². The monoisotopic (exact) mass is 863 g/mol. The van der Waals surface area contributed by atoms with Crippen LogP contribution in [0.2, 0.25) is 0 Å². The van der Waals surface area contributed by atoms with Gasteiger partial charge in [0.05, 0.1) is 0 Å². The van der Waals surface area contributed by atoms with Gasteiger partial charge in [-0.05, 0) is 56.2 Å². The van der Waals surface area contributed by atoms with Crippen LogP contribution < -0.4 is 0 Å². The molecule has 0 bridgehead atoms. The van der Waals surface area contributed by atoms with Crippen LogP contribution in [-0.4, -0.2) is 15.9 Å². The Morgan fingerprint density at radius 3 is 1.98 bits per heavy atom. The number of benzene rings is 3. The molecule has 3 aromatic carbocycles. The molecular formula is C45H52IrNO4-. The van der Waals surface area contributed by atoms with E-state index in [2.05, 4.69) is 70.2 Å². The van der Waals surface area contributed by atoms with Gasteiger partial charge in [-0.1, -0.05) is 110 Å². The van der Waals surface area contributed by atoms with Crippen LogP contribution in [0, 0.1) is 23.8 Å². The maximum atomic E-state index is 12.2. The summed E-state index contributed by atoms with van der Waals surface area (Å²) in [6.45, 7) is 20.9.